The van der Waals surface area contributed by atoms with Crippen molar-refractivity contribution in [3.63, 3.8) is 0 Å². The van der Waals surface area contributed by atoms with Crippen LogP contribution in [0.5, 0.6) is 0 Å². The first kappa shape index (κ1) is 12.9. The van der Waals surface area contributed by atoms with Crippen LogP contribution in [0.4, 0.5) is 5.82 Å². The van der Waals surface area contributed by atoms with Crippen molar-refractivity contribution in [2.24, 2.45) is 5.92 Å². The van der Waals surface area contributed by atoms with E-state index in [1.54, 1.807) is 22.6 Å². The predicted octanol–water partition coefficient (Wildman–Crippen LogP) is 2.59. The van der Waals surface area contributed by atoms with E-state index in [4.69, 9.17) is 0 Å². The summed E-state index contributed by atoms with van der Waals surface area (Å²) < 4.78 is 0. The lowest BCUT2D eigenvalue weighted by Gasteiger charge is -2.16. The maximum Gasteiger partial charge on any atom is 0.228 e. The molecule has 0 saturated carbocycles. The van der Waals surface area contributed by atoms with Gasteiger partial charge in [0, 0.05) is 17.8 Å². The molecule has 0 spiro atoms. The largest absolute Gasteiger partial charge is 0.296 e. The van der Waals surface area contributed by atoms with Gasteiger partial charge in [0.1, 0.15) is 17.0 Å². The third-order valence-electron chi connectivity index (χ3n) is 3.66. The minimum absolute atomic E-state index is 0.141. The van der Waals surface area contributed by atoms with Crippen LogP contribution in [0, 0.1) is 19.8 Å². The van der Waals surface area contributed by atoms with Crippen molar-refractivity contribution in [3.05, 3.63) is 16.8 Å². The van der Waals surface area contributed by atoms with E-state index in [0.29, 0.717) is 18.9 Å². The van der Waals surface area contributed by atoms with Crippen LogP contribution < -0.4 is 4.90 Å². The maximum absolute atomic E-state index is 12.1. The molecule has 4 nitrogen and oxygen atoms in total. The molecule has 3 rings (SSSR count). The monoisotopic (exact) mass is 293 g/mol. The van der Waals surface area contributed by atoms with Crippen LogP contribution in [0.1, 0.15) is 16.9 Å². The Morgan fingerprint density at radius 2 is 2.26 bits per heavy atom. The second-order valence-corrected chi connectivity index (χ2v) is 6.49. The molecular formula is C13H15N3OS2. The van der Waals surface area contributed by atoms with E-state index in [2.05, 4.69) is 36.4 Å². The van der Waals surface area contributed by atoms with Crippen LogP contribution in [0.25, 0.3) is 10.2 Å². The van der Waals surface area contributed by atoms with Gasteiger partial charge in [0.15, 0.2) is 0 Å². The molecule has 0 radical (unpaired) electrons. The fourth-order valence-corrected chi connectivity index (χ4v) is 3.71. The van der Waals surface area contributed by atoms with Crippen LogP contribution >= 0.6 is 24.0 Å². The van der Waals surface area contributed by atoms with Gasteiger partial charge >= 0.3 is 0 Å². The van der Waals surface area contributed by atoms with Gasteiger partial charge in [0.05, 0.1) is 5.39 Å². The van der Waals surface area contributed by atoms with E-state index < -0.39 is 0 Å². The fraction of sp³-hybridized carbons (Fsp3) is 0.462. The molecule has 0 aromatic carbocycles. The molecule has 1 saturated heterocycles. The number of rotatable bonds is 2. The minimum Gasteiger partial charge on any atom is -0.296 e. The number of fused-ring (bicyclic) bond motifs is 1. The topological polar surface area (TPSA) is 46.1 Å². The maximum atomic E-state index is 12.1. The zero-order chi connectivity index (χ0) is 13.6. The highest BCUT2D eigenvalue weighted by Gasteiger charge is 2.32. The number of carbonyl (C=O) groups excluding carboxylic acids is 1. The first-order valence-corrected chi connectivity index (χ1v) is 7.68. The van der Waals surface area contributed by atoms with Crippen LogP contribution in [-0.2, 0) is 4.79 Å². The Kier molecular flexibility index (Phi) is 3.22. The second-order valence-electron chi connectivity index (χ2n) is 4.92. The van der Waals surface area contributed by atoms with E-state index >= 15 is 0 Å². The Bertz CT molecular complexity index is 653. The SMILES string of the molecule is Cc1sc2ncnc(N3CC(CS)CC3=O)c2c1C. The third kappa shape index (κ3) is 2.03. The average Bonchev–Trinajstić information content (AvgIpc) is 2.91. The summed E-state index contributed by atoms with van der Waals surface area (Å²) in [4.78, 5) is 24.8. The van der Waals surface area contributed by atoms with Gasteiger partial charge < -0.3 is 0 Å². The molecule has 2 aromatic heterocycles. The van der Waals surface area contributed by atoms with Crippen LogP contribution in [0.2, 0.25) is 0 Å². The number of aromatic nitrogens is 2. The number of amides is 1. The number of thiophene rings is 1. The van der Waals surface area contributed by atoms with Crippen molar-refractivity contribution < 1.29 is 4.79 Å². The lowest BCUT2D eigenvalue weighted by atomic mass is 10.1. The Labute approximate surface area is 121 Å². The molecular weight excluding hydrogens is 278 g/mol. The fourth-order valence-electron chi connectivity index (χ4n) is 2.48. The molecule has 19 heavy (non-hydrogen) atoms. The highest BCUT2D eigenvalue weighted by atomic mass is 32.1. The zero-order valence-electron chi connectivity index (χ0n) is 10.9. The summed E-state index contributed by atoms with van der Waals surface area (Å²) in [6.45, 7) is 4.86. The summed E-state index contributed by atoms with van der Waals surface area (Å²) in [6.07, 6.45) is 2.12. The molecule has 1 fully saturated rings. The molecule has 1 unspecified atom stereocenters. The van der Waals surface area contributed by atoms with Gasteiger partial charge in [0.2, 0.25) is 5.91 Å². The lowest BCUT2D eigenvalue weighted by molar-refractivity contribution is -0.117. The number of hydrogen-bond donors (Lipinski definition) is 1. The van der Waals surface area contributed by atoms with Gasteiger partial charge in [-0.05, 0) is 31.1 Å². The Morgan fingerprint density at radius 3 is 2.95 bits per heavy atom. The van der Waals surface area contributed by atoms with Crippen LogP contribution in [0.15, 0.2) is 6.33 Å². The molecule has 1 amide bonds. The zero-order valence-corrected chi connectivity index (χ0v) is 12.6. The summed E-state index contributed by atoms with van der Waals surface area (Å²) in [5, 5.41) is 1.03. The van der Waals surface area contributed by atoms with Crippen molar-refractivity contribution in [1.82, 2.24) is 9.97 Å². The van der Waals surface area contributed by atoms with Gasteiger partial charge in [0.25, 0.3) is 0 Å². The van der Waals surface area contributed by atoms with Gasteiger partial charge in [-0.15, -0.1) is 11.3 Å². The van der Waals surface area contributed by atoms with E-state index in [1.165, 1.54) is 10.4 Å². The second kappa shape index (κ2) is 4.76. The number of hydrogen-bond acceptors (Lipinski definition) is 5. The van der Waals surface area contributed by atoms with Gasteiger partial charge in [-0.1, -0.05) is 0 Å². The first-order valence-electron chi connectivity index (χ1n) is 6.23. The molecule has 3 heterocycles. The van der Waals surface area contributed by atoms with E-state index in [1.807, 2.05) is 0 Å². The molecule has 0 bridgehead atoms. The Morgan fingerprint density at radius 1 is 1.47 bits per heavy atom. The van der Waals surface area contributed by atoms with Crippen LogP contribution in [0.3, 0.4) is 0 Å². The van der Waals surface area contributed by atoms with Crippen molar-refractivity contribution in [3.8, 4) is 0 Å². The summed E-state index contributed by atoms with van der Waals surface area (Å²) >= 11 is 5.95. The molecule has 0 aliphatic carbocycles. The summed E-state index contributed by atoms with van der Waals surface area (Å²) in [5.74, 6) is 1.96. The third-order valence-corrected chi connectivity index (χ3v) is 5.30. The quantitative estimate of drug-likeness (QED) is 0.866. The average molecular weight is 293 g/mol. The first-order chi connectivity index (χ1) is 9.11. The Hall–Kier alpha value is -1.14. The van der Waals surface area contributed by atoms with Crippen molar-refractivity contribution in [2.75, 3.05) is 17.2 Å². The molecule has 1 atom stereocenters. The Balaban J connectivity index is 2.13. The normalized spacial score (nSPS) is 19.6. The summed E-state index contributed by atoms with van der Waals surface area (Å²) in [6, 6.07) is 0. The molecule has 0 N–H and O–H groups in total. The number of aryl methyl sites for hydroxylation is 2. The van der Waals surface area contributed by atoms with Crippen molar-refractivity contribution in [1.29, 1.82) is 0 Å². The summed E-state index contributed by atoms with van der Waals surface area (Å²) in [5.41, 5.74) is 1.18. The standard InChI is InChI=1S/C13H15N3OS2/c1-7-8(2)19-13-11(7)12(14-6-15-13)16-4-9(5-18)3-10(16)17/h6,9,18H,3-5H2,1-2H3. The molecule has 1 aliphatic heterocycles. The molecule has 6 heteroatoms. The smallest absolute Gasteiger partial charge is 0.228 e. The molecule has 2 aromatic rings. The number of nitrogens with zero attached hydrogens (tertiary/aromatic N) is 3. The van der Waals surface area contributed by atoms with Crippen molar-refractivity contribution in [2.45, 2.75) is 20.3 Å². The number of anilines is 1. The van der Waals surface area contributed by atoms with Crippen LogP contribution in [-0.4, -0.2) is 28.2 Å². The summed E-state index contributed by atoms with van der Waals surface area (Å²) in [7, 11) is 0. The minimum atomic E-state index is 0.141. The van der Waals surface area contributed by atoms with Gasteiger partial charge in [-0.25, -0.2) is 9.97 Å². The van der Waals surface area contributed by atoms with Gasteiger partial charge in [-0.3, -0.25) is 9.69 Å². The predicted molar refractivity (Wildman–Crippen MR) is 81.2 cm³/mol. The highest BCUT2D eigenvalue weighted by molar-refractivity contribution is 7.80. The molecule has 100 valence electrons. The lowest BCUT2D eigenvalue weighted by Crippen LogP contribution is -2.26. The molecule has 1 aliphatic rings. The van der Waals surface area contributed by atoms with E-state index in [9.17, 15) is 4.79 Å². The number of thiol groups is 1. The van der Waals surface area contributed by atoms with E-state index in [0.717, 1.165) is 21.8 Å². The highest BCUT2D eigenvalue weighted by Crippen LogP contribution is 2.36. The van der Waals surface area contributed by atoms with Crippen molar-refractivity contribution >= 4 is 45.9 Å². The number of carbonyl (C=O) groups is 1. The van der Waals surface area contributed by atoms with E-state index in [-0.39, 0.29) is 5.91 Å². The van der Waals surface area contributed by atoms with Gasteiger partial charge in [-0.2, -0.15) is 12.6 Å².